The van der Waals surface area contributed by atoms with Crippen molar-refractivity contribution in [1.82, 2.24) is 4.90 Å². The molecule has 1 aromatic rings. The molecule has 1 amide bonds. The van der Waals surface area contributed by atoms with Crippen LogP contribution < -0.4 is 0 Å². The molecular weight excluding hydrogens is 314 g/mol. The zero-order valence-corrected chi connectivity index (χ0v) is 15.3. The lowest BCUT2D eigenvalue weighted by atomic mass is 9.92. The molecule has 0 aromatic heterocycles. The van der Waals surface area contributed by atoms with Crippen molar-refractivity contribution in [2.45, 2.75) is 51.3 Å². The first-order chi connectivity index (χ1) is 11.9. The van der Waals surface area contributed by atoms with Crippen LogP contribution in [0.3, 0.4) is 0 Å². The van der Waals surface area contributed by atoms with E-state index in [1.165, 1.54) is 11.1 Å². The molecule has 2 heterocycles. The number of carbonyl (C=O) groups is 1. The summed E-state index contributed by atoms with van der Waals surface area (Å²) in [6.07, 6.45) is 8.03. The van der Waals surface area contributed by atoms with Gasteiger partial charge >= 0.3 is 6.09 Å². The normalized spacial score (nSPS) is 23.5. The number of amides is 1. The van der Waals surface area contributed by atoms with Gasteiger partial charge in [-0.05, 0) is 39.2 Å². The highest BCUT2D eigenvalue weighted by Gasteiger charge is 2.39. The monoisotopic (exact) mass is 341 g/mol. The van der Waals surface area contributed by atoms with Crippen LogP contribution in [-0.4, -0.2) is 41.9 Å². The van der Waals surface area contributed by atoms with Crippen molar-refractivity contribution in [3.63, 3.8) is 0 Å². The molecule has 2 aliphatic rings. The highest BCUT2D eigenvalue weighted by atomic mass is 16.6. The highest BCUT2D eigenvalue weighted by molar-refractivity contribution is 5.70. The summed E-state index contributed by atoms with van der Waals surface area (Å²) in [5, 5.41) is 0. The highest BCUT2D eigenvalue weighted by Crippen LogP contribution is 2.30. The van der Waals surface area contributed by atoms with Crippen molar-refractivity contribution in [2.75, 3.05) is 13.2 Å². The lowest BCUT2D eigenvalue weighted by Gasteiger charge is -2.44. The topological polar surface area (TPSA) is 38.8 Å². The van der Waals surface area contributed by atoms with E-state index in [0.717, 1.165) is 12.8 Å². The molecule has 1 fully saturated rings. The number of fused-ring (bicyclic) bond motifs is 2. The minimum Gasteiger partial charge on any atom is -0.444 e. The summed E-state index contributed by atoms with van der Waals surface area (Å²) in [6, 6.07) is 10.3. The van der Waals surface area contributed by atoms with Gasteiger partial charge in [-0.2, -0.15) is 0 Å². The van der Waals surface area contributed by atoms with E-state index >= 15 is 0 Å². The van der Waals surface area contributed by atoms with Gasteiger partial charge in [-0.15, -0.1) is 0 Å². The summed E-state index contributed by atoms with van der Waals surface area (Å²) < 4.78 is 11.2. The zero-order chi connectivity index (χ0) is 17.9. The number of hydrogen-bond donors (Lipinski definition) is 0. The molecule has 0 saturated carbocycles. The molecule has 134 valence electrons. The Morgan fingerprint density at radius 2 is 2.04 bits per heavy atom. The molecule has 2 bridgehead atoms. The summed E-state index contributed by atoms with van der Waals surface area (Å²) in [7, 11) is 0. The third kappa shape index (κ3) is 4.73. The van der Waals surface area contributed by atoms with Crippen LogP contribution in [0, 0.1) is 0 Å². The molecule has 3 rings (SSSR count). The zero-order valence-electron chi connectivity index (χ0n) is 15.3. The van der Waals surface area contributed by atoms with Crippen molar-refractivity contribution < 1.29 is 14.3 Å². The Balaban J connectivity index is 1.66. The second-order valence-electron chi connectivity index (χ2n) is 7.69. The number of nitrogens with zero attached hydrogens (tertiary/aromatic N) is 1. The van der Waals surface area contributed by atoms with Gasteiger partial charge < -0.3 is 9.47 Å². The average molecular weight is 341 g/mol. The molecule has 0 radical (unpaired) electrons. The van der Waals surface area contributed by atoms with E-state index in [1.807, 2.05) is 43.9 Å². The van der Waals surface area contributed by atoms with Gasteiger partial charge in [0.1, 0.15) is 5.60 Å². The van der Waals surface area contributed by atoms with Crippen LogP contribution in [0.1, 0.15) is 39.2 Å². The predicted octanol–water partition coefficient (Wildman–Crippen LogP) is 4.42. The minimum atomic E-state index is -0.478. The molecule has 2 unspecified atom stereocenters. The Morgan fingerprint density at radius 1 is 1.28 bits per heavy atom. The summed E-state index contributed by atoms with van der Waals surface area (Å²) >= 11 is 0. The third-order valence-corrected chi connectivity index (χ3v) is 4.37. The van der Waals surface area contributed by atoms with Gasteiger partial charge in [0.15, 0.2) is 0 Å². The van der Waals surface area contributed by atoms with Crippen molar-refractivity contribution in [3.8, 4) is 0 Å². The summed E-state index contributed by atoms with van der Waals surface area (Å²) in [4.78, 5) is 14.4. The first-order valence-corrected chi connectivity index (χ1v) is 8.92. The lowest BCUT2D eigenvalue weighted by molar-refractivity contribution is -0.0536. The van der Waals surface area contributed by atoms with Gasteiger partial charge in [-0.1, -0.05) is 54.1 Å². The van der Waals surface area contributed by atoms with Gasteiger partial charge in [0.2, 0.25) is 0 Å². The fourth-order valence-electron chi connectivity index (χ4n) is 3.35. The molecule has 2 aliphatic heterocycles. The standard InChI is InChI=1S/C21H27NO3/c1-21(2,3)25-20(23)22-18-12-17(13-19(22)15-24-14-18)11-7-10-16-8-5-4-6-9-16/h4-10,12,18-19H,11,13-15H2,1-3H3/b10-7+. The predicted molar refractivity (Wildman–Crippen MR) is 99.3 cm³/mol. The number of rotatable bonds is 3. The van der Waals surface area contributed by atoms with E-state index in [4.69, 9.17) is 9.47 Å². The lowest BCUT2D eigenvalue weighted by Crippen LogP contribution is -2.57. The number of hydrogen-bond acceptors (Lipinski definition) is 3. The number of allylic oxidation sites excluding steroid dienone is 1. The van der Waals surface area contributed by atoms with E-state index in [2.05, 4.69) is 30.4 Å². The second kappa shape index (κ2) is 7.44. The van der Waals surface area contributed by atoms with Crippen LogP contribution in [0.4, 0.5) is 4.79 Å². The van der Waals surface area contributed by atoms with E-state index in [9.17, 15) is 4.79 Å². The molecule has 1 saturated heterocycles. The number of carbonyl (C=O) groups excluding carboxylic acids is 1. The summed E-state index contributed by atoms with van der Waals surface area (Å²) in [5.74, 6) is 0. The Hall–Kier alpha value is -2.07. The number of ether oxygens (including phenoxy) is 2. The van der Waals surface area contributed by atoms with Gasteiger partial charge in [0, 0.05) is 0 Å². The fourth-order valence-corrected chi connectivity index (χ4v) is 3.35. The Labute approximate surface area is 150 Å². The molecule has 0 aliphatic carbocycles. The first-order valence-electron chi connectivity index (χ1n) is 8.92. The van der Waals surface area contributed by atoms with Crippen molar-refractivity contribution in [3.05, 3.63) is 53.6 Å². The molecule has 0 N–H and O–H groups in total. The van der Waals surface area contributed by atoms with Crippen LogP contribution in [0.5, 0.6) is 0 Å². The molecule has 1 aromatic carbocycles. The number of morpholine rings is 1. The van der Waals surface area contributed by atoms with Crippen molar-refractivity contribution in [2.24, 2.45) is 0 Å². The molecule has 0 spiro atoms. The smallest absolute Gasteiger partial charge is 0.411 e. The Morgan fingerprint density at radius 3 is 2.72 bits per heavy atom. The van der Waals surface area contributed by atoms with E-state index < -0.39 is 5.60 Å². The van der Waals surface area contributed by atoms with Crippen LogP contribution >= 0.6 is 0 Å². The second-order valence-corrected chi connectivity index (χ2v) is 7.69. The van der Waals surface area contributed by atoms with Crippen LogP contribution in [0.2, 0.25) is 0 Å². The fraction of sp³-hybridized carbons (Fsp3) is 0.476. The molecule has 25 heavy (non-hydrogen) atoms. The maximum atomic E-state index is 12.5. The van der Waals surface area contributed by atoms with Gasteiger partial charge in [0.25, 0.3) is 0 Å². The Kier molecular flexibility index (Phi) is 5.28. The molecule has 4 nitrogen and oxygen atoms in total. The van der Waals surface area contributed by atoms with Crippen LogP contribution in [-0.2, 0) is 9.47 Å². The van der Waals surface area contributed by atoms with Gasteiger partial charge in [0.05, 0.1) is 25.3 Å². The molecular formula is C21H27NO3. The first kappa shape index (κ1) is 17.7. The van der Waals surface area contributed by atoms with Crippen LogP contribution in [0.25, 0.3) is 6.08 Å². The maximum absolute atomic E-state index is 12.5. The van der Waals surface area contributed by atoms with Crippen molar-refractivity contribution in [1.29, 1.82) is 0 Å². The third-order valence-electron chi connectivity index (χ3n) is 4.37. The van der Waals surface area contributed by atoms with E-state index in [0.29, 0.717) is 13.2 Å². The van der Waals surface area contributed by atoms with Crippen LogP contribution in [0.15, 0.2) is 48.1 Å². The largest absolute Gasteiger partial charge is 0.444 e. The minimum absolute atomic E-state index is 0.0255. The van der Waals surface area contributed by atoms with Crippen molar-refractivity contribution >= 4 is 12.2 Å². The Bertz CT molecular complexity index is 657. The van der Waals surface area contributed by atoms with E-state index in [1.54, 1.807) is 0 Å². The summed E-state index contributed by atoms with van der Waals surface area (Å²) in [5.41, 5.74) is 2.09. The molecule has 4 heteroatoms. The molecule has 2 atom stereocenters. The number of benzene rings is 1. The van der Waals surface area contributed by atoms with Gasteiger partial charge in [-0.25, -0.2) is 4.79 Å². The quantitative estimate of drug-likeness (QED) is 0.764. The van der Waals surface area contributed by atoms with E-state index in [-0.39, 0.29) is 18.2 Å². The average Bonchev–Trinajstić information content (AvgIpc) is 2.53. The summed E-state index contributed by atoms with van der Waals surface area (Å²) in [6.45, 7) is 6.82. The maximum Gasteiger partial charge on any atom is 0.411 e. The SMILES string of the molecule is CC(C)(C)OC(=O)N1C2C=C(C/C=C/c3ccccc3)CC1COC2. The van der Waals surface area contributed by atoms with Gasteiger partial charge in [-0.3, -0.25) is 4.90 Å².